The number of nitrogens with two attached hydrogens (primary N) is 1. The smallest absolute Gasteiger partial charge is 0.319 e. The highest BCUT2D eigenvalue weighted by atomic mass is 32.2. The first-order valence-corrected chi connectivity index (χ1v) is 9.57. The normalized spacial score (nSPS) is 12.5. The highest BCUT2D eigenvalue weighted by molar-refractivity contribution is 7.89. The summed E-state index contributed by atoms with van der Waals surface area (Å²) in [4.78, 5) is 12.4. The molecule has 2 amide bonds. The number of sulfonamides is 1. The predicted molar refractivity (Wildman–Crippen MR) is 102 cm³/mol. The fourth-order valence-corrected chi connectivity index (χ4v) is 3.23. The van der Waals surface area contributed by atoms with E-state index in [1.54, 1.807) is 12.1 Å². The molecule has 0 spiro atoms. The third-order valence-electron chi connectivity index (χ3n) is 4.09. The van der Waals surface area contributed by atoms with Gasteiger partial charge in [-0.25, -0.2) is 18.4 Å². The molecule has 134 valence electrons. The second-order valence-electron chi connectivity index (χ2n) is 5.96. The lowest BCUT2D eigenvalue weighted by Crippen LogP contribution is -2.31. The van der Waals surface area contributed by atoms with Crippen molar-refractivity contribution in [1.82, 2.24) is 5.32 Å². The van der Waals surface area contributed by atoms with Gasteiger partial charge in [0.1, 0.15) is 0 Å². The number of amides is 2. The molecular formula is C19H19N3O3S. The van der Waals surface area contributed by atoms with Crippen molar-refractivity contribution in [2.45, 2.75) is 17.9 Å². The molecule has 4 N–H and O–H groups in total. The highest BCUT2D eigenvalue weighted by Crippen LogP contribution is 2.23. The molecular weight excluding hydrogens is 350 g/mol. The summed E-state index contributed by atoms with van der Waals surface area (Å²) in [7, 11) is -3.73. The number of fused-ring (bicyclic) bond motifs is 1. The topological polar surface area (TPSA) is 101 Å². The number of hydrogen-bond acceptors (Lipinski definition) is 3. The largest absolute Gasteiger partial charge is 0.331 e. The fraction of sp³-hybridized carbons (Fsp3) is 0.105. The Morgan fingerprint density at radius 1 is 0.962 bits per heavy atom. The van der Waals surface area contributed by atoms with Crippen molar-refractivity contribution in [3.05, 3.63) is 72.3 Å². The van der Waals surface area contributed by atoms with E-state index in [9.17, 15) is 13.2 Å². The molecule has 0 fully saturated rings. The number of nitrogens with one attached hydrogen (secondary N) is 2. The van der Waals surface area contributed by atoms with Crippen LogP contribution < -0.4 is 15.8 Å². The van der Waals surface area contributed by atoms with Crippen molar-refractivity contribution in [2.24, 2.45) is 5.14 Å². The molecule has 3 aromatic rings. The van der Waals surface area contributed by atoms with E-state index in [1.807, 2.05) is 49.4 Å². The number of benzene rings is 3. The number of primary sulfonamides is 1. The van der Waals surface area contributed by atoms with Gasteiger partial charge in [0.25, 0.3) is 0 Å². The van der Waals surface area contributed by atoms with Crippen LogP contribution in [0.25, 0.3) is 10.8 Å². The Morgan fingerprint density at radius 3 is 2.31 bits per heavy atom. The summed E-state index contributed by atoms with van der Waals surface area (Å²) in [6.45, 7) is 1.81. The first-order chi connectivity index (χ1) is 12.3. The van der Waals surface area contributed by atoms with Gasteiger partial charge in [-0.05, 0) is 36.1 Å². The van der Waals surface area contributed by atoms with E-state index in [4.69, 9.17) is 5.14 Å². The van der Waals surface area contributed by atoms with E-state index in [0.29, 0.717) is 0 Å². The average Bonchev–Trinajstić information content (AvgIpc) is 2.61. The van der Waals surface area contributed by atoms with Crippen molar-refractivity contribution < 1.29 is 13.2 Å². The summed E-state index contributed by atoms with van der Waals surface area (Å²) < 4.78 is 22.6. The molecule has 0 heterocycles. The molecule has 0 bridgehead atoms. The summed E-state index contributed by atoms with van der Waals surface area (Å²) in [5.74, 6) is 0. The third kappa shape index (κ3) is 4.01. The van der Waals surface area contributed by atoms with Crippen molar-refractivity contribution in [3.8, 4) is 0 Å². The number of urea groups is 1. The lowest BCUT2D eigenvalue weighted by Gasteiger charge is -2.16. The van der Waals surface area contributed by atoms with Crippen LogP contribution in [0.15, 0.2) is 71.6 Å². The molecule has 0 saturated carbocycles. The number of anilines is 1. The quantitative estimate of drug-likeness (QED) is 0.657. The van der Waals surface area contributed by atoms with Gasteiger partial charge in [-0.1, -0.05) is 48.5 Å². The molecule has 3 rings (SSSR count). The maximum absolute atomic E-state index is 12.3. The Kier molecular flexibility index (Phi) is 4.92. The van der Waals surface area contributed by atoms with Gasteiger partial charge < -0.3 is 10.6 Å². The van der Waals surface area contributed by atoms with Crippen LogP contribution in [-0.2, 0) is 10.0 Å². The van der Waals surface area contributed by atoms with E-state index >= 15 is 0 Å². The maximum Gasteiger partial charge on any atom is 0.319 e. The zero-order valence-corrected chi connectivity index (χ0v) is 15.0. The molecule has 3 aromatic carbocycles. The zero-order chi connectivity index (χ0) is 18.7. The minimum atomic E-state index is -3.73. The van der Waals surface area contributed by atoms with Gasteiger partial charge in [-0.15, -0.1) is 0 Å². The van der Waals surface area contributed by atoms with Gasteiger partial charge in [0.2, 0.25) is 10.0 Å². The fourth-order valence-electron chi connectivity index (χ4n) is 2.72. The summed E-state index contributed by atoms with van der Waals surface area (Å²) in [5.41, 5.74) is 1.49. The molecule has 0 aliphatic carbocycles. The Balaban J connectivity index is 1.71. The number of carbonyl (C=O) groups is 1. The predicted octanol–water partition coefficient (Wildman–Crippen LogP) is 3.37. The first-order valence-electron chi connectivity index (χ1n) is 8.02. The molecule has 0 aliphatic rings. The number of rotatable bonds is 4. The van der Waals surface area contributed by atoms with Crippen LogP contribution in [0.1, 0.15) is 18.5 Å². The van der Waals surface area contributed by atoms with Crippen LogP contribution in [0, 0.1) is 0 Å². The first kappa shape index (κ1) is 17.9. The molecule has 7 heteroatoms. The van der Waals surface area contributed by atoms with Crippen LogP contribution in [0.2, 0.25) is 0 Å². The summed E-state index contributed by atoms with van der Waals surface area (Å²) in [6, 6.07) is 18.9. The summed E-state index contributed by atoms with van der Waals surface area (Å²) in [5, 5.41) is 12.8. The van der Waals surface area contributed by atoms with Crippen LogP contribution in [0.5, 0.6) is 0 Å². The van der Waals surface area contributed by atoms with Gasteiger partial charge in [-0.3, -0.25) is 0 Å². The molecule has 0 aromatic heterocycles. The van der Waals surface area contributed by atoms with Gasteiger partial charge in [0, 0.05) is 5.39 Å². The summed E-state index contributed by atoms with van der Waals surface area (Å²) in [6.07, 6.45) is 0. The molecule has 0 radical (unpaired) electrons. The maximum atomic E-state index is 12.3. The third-order valence-corrected chi connectivity index (χ3v) is 5.02. The van der Waals surface area contributed by atoms with E-state index in [1.165, 1.54) is 12.1 Å². The standard InChI is InChI=1S/C19H19N3O3S/c1-13(14-9-11-16(12-10-14)26(20,24)25)21-19(23)22-18-8-4-6-15-5-2-3-7-17(15)18/h2-13H,1H3,(H2,20,24,25)(H2,21,22,23). The second-order valence-corrected chi connectivity index (χ2v) is 7.52. The summed E-state index contributed by atoms with van der Waals surface area (Å²) >= 11 is 0. The Morgan fingerprint density at radius 2 is 1.62 bits per heavy atom. The van der Waals surface area contributed by atoms with E-state index < -0.39 is 10.0 Å². The monoisotopic (exact) mass is 369 g/mol. The number of hydrogen-bond donors (Lipinski definition) is 3. The van der Waals surface area contributed by atoms with Crippen LogP contribution >= 0.6 is 0 Å². The molecule has 0 saturated heterocycles. The molecule has 26 heavy (non-hydrogen) atoms. The van der Waals surface area contributed by atoms with Gasteiger partial charge in [-0.2, -0.15) is 0 Å². The molecule has 6 nitrogen and oxygen atoms in total. The van der Waals surface area contributed by atoms with Crippen LogP contribution in [0.4, 0.5) is 10.5 Å². The Hall–Kier alpha value is -2.90. The van der Waals surface area contributed by atoms with Gasteiger partial charge >= 0.3 is 6.03 Å². The minimum absolute atomic E-state index is 0.0358. The minimum Gasteiger partial charge on any atom is -0.331 e. The van der Waals surface area contributed by atoms with Crippen molar-refractivity contribution >= 4 is 32.5 Å². The van der Waals surface area contributed by atoms with Crippen LogP contribution in [-0.4, -0.2) is 14.4 Å². The SMILES string of the molecule is CC(NC(=O)Nc1cccc2ccccc12)c1ccc(S(N)(=O)=O)cc1. The van der Waals surface area contributed by atoms with Gasteiger partial charge in [0.15, 0.2) is 0 Å². The van der Waals surface area contributed by atoms with E-state index in [-0.39, 0.29) is 17.0 Å². The Labute approximate surface area is 152 Å². The van der Waals surface area contributed by atoms with E-state index in [2.05, 4.69) is 10.6 Å². The van der Waals surface area contributed by atoms with Crippen molar-refractivity contribution in [1.29, 1.82) is 0 Å². The van der Waals surface area contributed by atoms with E-state index in [0.717, 1.165) is 22.0 Å². The second kappa shape index (κ2) is 7.15. The molecule has 1 atom stereocenters. The lowest BCUT2D eigenvalue weighted by atomic mass is 10.1. The van der Waals surface area contributed by atoms with Crippen LogP contribution in [0.3, 0.4) is 0 Å². The van der Waals surface area contributed by atoms with Gasteiger partial charge in [0.05, 0.1) is 16.6 Å². The number of carbonyl (C=O) groups excluding carboxylic acids is 1. The molecule has 1 unspecified atom stereocenters. The zero-order valence-electron chi connectivity index (χ0n) is 14.1. The lowest BCUT2D eigenvalue weighted by molar-refractivity contribution is 0.249. The molecule has 0 aliphatic heterocycles. The Bertz CT molecular complexity index is 1040. The average molecular weight is 369 g/mol. The highest BCUT2D eigenvalue weighted by Gasteiger charge is 2.13. The van der Waals surface area contributed by atoms with Crippen molar-refractivity contribution in [3.63, 3.8) is 0 Å². The van der Waals surface area contributed by atoms with Crippen molar-refractivity contribution in [2.75, 3.05) is 5.32 Å².